The summed E-state index contributed by atoms with van der Waals surface area (Å²) in [6, 6.07) is 4.50. The van der Waals surface area contributed by atoms with Crippen LogP contribution in [0.1, 0.15) is 30.0 Å². The normalized spacial score (nSPS) is 11.0. The van der Waals surface area contributed by atoms with Crippen molar-refractivity contribution in [3.8, 4) is 6.01 Å². The lowest BCUT2D eigenvalue weighted by molar-refractivity contribution is 0.283. The molecule has 0 radical (unpaired) electrons. The molecule has 0 saturated heterocycles. The second-order valence-corrected chi connectivity index (χ2v) is 6.19. The average molecular weight is 291 g/mol. The molecule has 0 spiro atoms. The fourth-order valence-electron chi connectivity index (χ4n) is 1.74. The molecule has 0 bridgehead atoms. The highest BCUT2D eigenvalue weighted by molar-refractivity contribution is 7.09. The zero-order valence-electron chi connectivity index (χ0n) is 12.2. The fraction of sp³-hybridized carbons (Fsp3) is 0.467. The number of ether oxygens (including phenoxy) is 1. The van der Waals surface area contributed by atoms with E-state index >= 15 is 0 Å². The first-order valence-corrected chi connectivity index (χ1v) is 7.71. The number of aryl methyl sites for hydroxylation is 1. The van der Waals surface area contributed by atoms with Gasteiger partial charge in [0.15, 0.2) is 0 Å². The van der Waals surface area contributed by atoms with Gasteiger partial charge in [-0.1, -0.05) is 19.9 Å². The smallest absolute Gasteiger partial charge is 0.316 e. The van der Waals surface area contributed by atoms with Gasteiger partial charge < -0.3 is 10.1 Å². The lowest BCUT2D eigenvalue weighted by Gasteiger charge is -2.10. The van der Waals surface area contributed by atoms with Crippen LogP contribution in [0.25, 0.3) is 0 Å². The van der Waals surface area contributed by atoms with Crippen LogP contribution in [0.5, 0.6) is 6.01 Å². The maximum absolute atomic E-state index is 5.60. The Hall–Kier alpha value is -1.46. The van der Waals surface area contributed by atoms with Crippen molar-refractivity contribution in [1.29, 1.82) is 0 Å². The Labute approximate surface area is 124 Å². The lowest BCUT2D eigenvalue weighted by Crippen LogP contribution is -2.20. The van der Waals surface area contributed by atoms with Gasteiger partial charge in [0.25, 0.3) is 0 Å². The van der Waals surface area contributed by atoms with Crippen LogP contribution in [0.2, 0.25) is 0 Å². The van der Waals surface area contributed by atoms with Crippen molar-refractivity contribution in [2.75, 3.05) is 6.54 Å². The van der Waals surface area contributed by atoms with Crippen LogP contribution in [0.4, 0.5) is 0 Å². The van der Waals surface area contributed by atoms with Gasteiger partial charge in [-0.2, -0.15) is 0 Å². The van der Waals surface area contributed by atoms with Crippen molar-refractivity contribution in [3.63, 3.8) is 0 Å². The van der Waals surface area contributed by atoms with E-state index < -0.39 is 0 Å². The van der Waals surface area contributed by atoms with Crippen molar-refractivity contribution in [2.24, 2.45) is 5.92 Å². The summed E-state index contributed by atoms with van der Waals surface area (Å²) in [4.78, 5) is 9.84. The minimum absolute atomic E-state index is 0.448. The molecule has 108 valence electrons. The van der Waals surface area contributed by atoms with Crippen LogP contribution in [0, 0.1) is 12.8 Å². The lowest BCUT2D eigenvalue weighted by atomic mass is 10.2. The van der Waals surface area contributed by atoms with Crippen molar-refractivity contribution in [3.05, 3.63) is 39.8 Å². The van der Waals surface area contributed by atoms with Crippen LogP contribution in [0.15, 0.2) is 23.7 Å². The zero-order valence-corrected chi connectivity index (χ0v) is 13.0. The third-order valence-corrected chi connectivity index (χ3v) is 3.70. The first-order valence-electron chi connectivity index (χ1n) is 6.83. The van der Waals surface area contributed by atoms with Crippen LogP contribution < -0.4 is 10.1 Å². The Kier molecular flexibility index (Phi) is 5.49. The van der Waals surface area contributed by atoms with Crippen LogP contribution in [-0.2, 0) is 13.2 Å². The van der Waals surface area contributed by atoms with E-state index in [2.05, 4.69) is 29.1 Å². The predicted octanol–water partition coefficient (Wildman–Crippen LogP) is 3.17. The minimum Gasteiger partial charge on any atom is -0.458 e. The first kappa shape index (κ1) is 14.9. The molecule has 0 aliphatic heterocycles. The Morgan fingerprint density at radius 3 is 2.90 bits per heavy atom. The van der Waals surface area contributed by atoms with Gasteiger partial charge in [-0.25, -0.2) is 9.97 Å². The molecule has 0 amide bonds. The number of hydrogen-bond donors (Lipinski definition) is 1. The number of rotatable bonds is 7. The van der Waals surface area contributed by atoms with Crippen LogP contribution in [-0.4, -0.2) is 16.5 Å². The van der Waals surface area contributed by atoms with Crippen LogP contribution in [0.3, 0.4) is 0 Å². The van der Waals surface area contributed by atoms with Gasteiger partial charge in [-0.3, -0.25) is 0 Å². The summed E-state index contributed by atoms with van der Waals surface area (Å²) < 4.78 is 5.60. The third kappa shape index (κ3) is 4.58. The summed E-state index contributed by atoms with van der Waals surface area (Å²) in [6.07, 6.45) is 1.85. The van der Waals surface area contributed by atoms with Gasteiger partial charge >= 0.3 is 6.01 Å². The molecule has 0 fully saturated rings. The topological polar surface area (TPSA) is 47.0 Å². The molecular formula is C15H21N3OS. The van der Waals surface area contributed by atoms with Gasteiger partial charge in [0.2, 0.25) is 0 Å². The maximum Gasteiger partial charge on any atom is 0.316 e. The molecule has 4 nitrogen and oxygen atoms in total. The average Bonchev–Trinajstić information content (AvgIpc) is 2.91. The molecule has 0 aliphatic carbocycles. The molecule has 2 heterocycles. The summed E-state index contributed by atoms with van der Waals surface area (Å²) in [7, 11) is 0. The second kappa shape index (κ2) is 7.36. The van der Waals surface area contributed by atoms with Gasteiger partial charge in [-0.15, -0.1) is 11.3 Å². The zero-order chi connectivity index (χ0) is 14.4. The highest BCUT2D eigenvalue weighted by Gasteiger charge is 2.05. The fourth-order valence-corrected chi connectivity index (χ4v) is 2.36. The van der Waals surface area contributed by atoms with Crippen molar-refractivity contribution in [1.82, 2.24) is 15.3 Å². The highest BCUT2D eigenvalue weighted by atomic mass is 32.1. The minimum atomic E-state index is 0.448. The molecule has 0 aromatic carbocycles. The molecule has 0 aliphatic rings. The molecular weight excluding hydrogens is 270 g/mol. The Morgan fingerprint density at radius 2 is 2.25 bits per heavy atom. The summed E-state index contributed by atoms with van der Waals surface area (Å²) in [6.45, 7) is 8.70. The maximum atomic E-state index is 5.60. The third-order valence-electron chi connectivity index (χ3n) is 2.85. The van der Waals surface area contributed by atoms with E-state index in [0.717, 1.165) is 24.3 Å². The van der Waals surface area contributed by atoms with E-state index in [1.54, 1.807) is 11.3 Å². The summed E-state index contributed by atoms with van der Waals surface area (Å²) in [5, 5.41) is 5.43. The molecule has 0 saturated carbocycles. The number of hydrogen-bond acceptors (Lipinski definition) is 5. The number of nitrogens with zero attached hydrogens (tertiary/aromatic N) is 2. The van der Waals surface area contributed by atoms with Crippen LogP contribution >= 0.6 is 11.3 Å². The molecule has 20 heavy (non-hydrogen) atoms. The molecule has 5 heteroatoms. The molecule has 1 N–H and O–H groups in total. The SMILES string of the molecule is Cc1nc(OCc2cccs2)ncc1CNCC(C)C. The Balaban J connectivity index is 1.88. The molecule has 2 aromatic rings. The summed E-state index contributed by atoms with van der Waals surface area (Å²) in [5.74, 6) is 0.643. The Morgan fingerprint density at radius 1 is 1.40 bits per heavy atom. The van der Waals surface area contributed by atoms with E-state index in [9.17, 15) is 0 Å². The van der Waals surface area contributed by atoms with Gasteiger partial charge in [0.1, 0.15) is 6.61 Å². The number of thiophene rings is 1. The molecule has 2 rings (SSSR count). The van der Waals surface area contributed by atoms with E-state index in [1.165, 1.54) is 4.88 Å². The standard InChI is InChI=1S/C15H21N3OS/c1-11(2)7-16-8-13-9-17-15(18-12(13)3)19-10-14-5-4-6-20-14/h4-6,9,11,16H,7-8,10H2,1-3H3. The van der Waals surface area contributed by atoms with E-state index in [4.69, 9.17) is 4.74 Å². The van der Waals surface area contributed by atoms with E-state index in [-0.39, 0.29) is 0 Å². The van der Waals surface area contributed by atoms with Crippen molar-refractivity contribution >= 4 is 11.3 Å². The van der Waals surface area contributed by atoms with E-state index in [0.29, 0.717) is 18.5 Å². The van der Waals surface area contributed by atoms with Gasteiger partial charge in [0, 0.05) is 28.9 Å². The largest absolute Gasteiger partial charge is 0.458 e. The van der Waals surface area contributed by atoms with Crippen molar-refractivity contribution in [2.45, 2.75) is 33.9 Å². The quantitative estimate of drug-likeness (QED) is 0.851. The highest BCUT2D eigenvalue weighted by Crippen LogP contribution is 2.13. The molecule has 0 unspecified atom stereocenters. The molecule has 2 aromatic heterocycles. The summed E-state index contributed by atoms with van der Waals surface area (Å²) in [5.41, 5.74) is 2.09. The predicted molar refractivity (Wildman–Crippen MR) is 82.0 cm³/mol. The number of aromatic nitrogens is 2. The van der Waals surface area contributed by atoms with Crippen molar-refractivity contribution < 1.29 is 4.74 Å². The Bertz CT molecular complexity index is 526. The second-order valence-electron chi connectivity index (χ2n) is 5.16. The first-order chi connectivity index (χ1) is 9.65. The molecule has 0 atom stereocenters. The van der Waals surface area contributed by atoms with Gasteiger partial charge in [0.05, 0.1) is 0 Å². The van der Waals surface area contributed by atoms with Gasteiger partial charge in [-0.05, 0) is 30.8 Å². The van der Waals surface area contributed by atoms with E-state index in [1.807, 2.05) is 30.6 Å². The number of nitrogens with one attached hydrogen (secondary N) is 1. The summed E-state index contributed by atoms with van der Waals surface area (Å²) >= 11 is 1.67. The monoisotopic (exact) mass is 291 g/mol.